The normalized spacial score (nSPS) is 28.3. The molecule has 84 valence electrons. The highest BCUT2D eigenvalue weighted by molar-refractivity contribution is 4.77. The molecule has 0 amide bonds. The summed E-state index contributed by atoms with van der Waals surface area (Å²) in [6.07, 6.45) is 8.45. The Labute approximate surface area is 89.7 Å². The molecule has 1 aliphatic rings. The lowest BCUT2D eigenvalue weighted by molar-refractivity contribution is 0.276. The first-order chi connectivity index (χ1) is 6.72. The van der Waals surface area contributed by atoms with Gasteiger partial charge in [-0.1, -0.05) is 40.0 Å². The summed E-state index contributed by atoms with van der Waals surface area (Å²) in [6, 6.07) is 0.826. The van der Waals surface area contributed by atoms with E-state index in [-0.39, 0.29) is 0 Å². The minimum atomic E-state index is 0.826. The van der Waals surface area contributed by atoms with E-state index in [0.29, 0.717) is 0 Å². The van der Waals surface area contributed by atoms with Crippen molar-refractivity contribution in [2.45, 2.75) is 65.3 Å². The highest BCUT2D eigenvalue weighted by Gasteiger charge is 2.19. The van der Waals surface area contributed by atoms with Crippen molar-refractivity contribution in [1.29, 1.82) is 0 Å². The summed E-state index contributed by atoms with van der Waals surface area (Å²) in [4.78, 5) is 0. The summed E-state index contributed by atoms with van der Waals surface area (Å²) in [7, 11) is 0. The molecule has 1 rings (SSSR count). The first-order valence-electron chi connectivity index (χ1n) is 6.45. The lowest BCUT2D eigenvalue weighted by atomic mass is 9.84. The Morgan fingerprint density at radius 1 is 1.29 bits per heavy atom. The molecule has 2 atom stereocenters. The topological polar surface area (TPSA) is 12.0 Å². The zero-order valence-electron chi connectivity index (χ0n) is 10.2. The smallest absolute Gasteiger partial charge is 0.00697 e. The predicted octanol–water partition coefficient (Wildman–Crippen LogP) is 3.59. The van der Waals surface area contributed by atoms with E-state index in [4.69, 9.17) is 0 Å². The van der Waals surface area contributed by atoms with Gasteiger partial charge in [-0.3, -0.25) is 0 Å². The zero-order chi connectivity index (χ0) is 10.4. The van der Waals surface area contributed by atoms with Crippen LogP contribution in [0.5, 0.6) is 0 Å². The maximum Gasteiger partial charge on any atom is 0.00697 e. The molecule has 0 heterocycles. The van der Waals surface area contributed by atoms with Crippen molar-refractivity contribution < 1.29 is 0 Å². The molecule has 2 unspecified atom stereocenters. The molecule has 1 nitrogen and oxygen atoms in total. The lowest BCUT2D eigenvalue weighted by Crippen LogP contribution is -2.35. The molecule has 0 bridgehead atoms. The molecule has 1 aliphatic carbocycles. The largest absolute Gasteiger partial charge is 0.314 e. The van der Waals surface area contributed by atoms with Crippen LogP contribution in [0.25, 0.3) is 0 Å². The summed E-state index contributed by atoms with van der Waals surface area (Å²) < 4.78 is 0. The SMILES string of the molecule is CCC1CCCC(NCCC(C)C)C1. The summed E-state index contributed by atoms with van der Waals surface area (Å²) in [5.74, 6) is 1.84. The molecule has 14 heavy (non-hydrogen) atoms. The Balaban J connectivity index is 2.11. The average molecular weight is 197 g/mol. The van der Waals surface area contributed by atoms with Crippen LogP contribution in [0.1, 0.15) is 59.3 Å². The second-order valence-corrected chi connectivity index (χ2v) is 5.27. The number of nitrogens with one attached hydrogen (secondary N) is 1. The van der Waals surface area contributed by atoms with E-state index in [1.165, 1.54) is 45.1 Å². The fourth-order valence-corrected chi connectivity index (χ4v) is 2.42. The third-order valence-electron chi connectivity index (χ3n) is 3.51. The van der Waals surface area contributed by atoms with Gasteiger partial charge in [0.1, 0.15) is 0 Å². The van der Waals surface area contributed by atoms with Crippen molar-refractivity contribution in [3.05, 3.63) is 0 Å². The first kappa shape index (κ1) is 12.0. The first-order valence-corrected chi connectivity index (χ1v) is 6.45. The van der Waals surface area contributed by atoms with Crippen LogP contribution in [-0.4, -0.2) is 12.6 Å². The van der Waals surface area contributed by atoms with Gasteiger partial charge in [0.2, 0.25) is 0 Å². The molecule has 1 N–H and O–H groups in total. The van der Waals surface area contributed by atoms with Crippen LogP contribution < -0.4 is 5.32 Å². The van der Waals surface area contributed by atoms with Gasteiger partial charge in [0.15, 0.2) is 0 Å². The van der Waals surface area contributed by atoms with Crippen LogP contribution in [0, 0.1) is 11.8 Å². The second kappa shape index (κ2) is 6.44. The summed E-state index contributed by atoms with van der Waals surface area (Å²) in [5, 5.41) is 3.72. The Morgan fingerprint density at radius 2 is 2.07 bits per heavy atom. The van der Waals surface area contributed by atoms with Crippen molar-refractivity contribution in [2.75, 3.05) is 6.54 Å². The van der Waals surface area contributed by atoms with Gasteiger partial charge in [-0.2, -0.15) is 0 Å². The molecule has 0 saturated heterocycles. The van der Waals surface area contributed by atoms with Gasteiger partial charge in [0.25, 0.3) is 0 Å². The van der Waals surface area contributed by atoms with Crippen molar-refractivity contribution in [1.82, 2.24) is 5.32 Å². The quantitative estimate of drug-likeness (QED) is 0.710. The third-order valence-corrected chi connectivity index (χ3v) is 3.51. The standard InChI is InChI=1S/C13H27N/c1-4-12-6-5-7-13(10-12)14-9-8-11(2)3/h11-14H,4-10H2,1-3H3. The van der Waals surface area contributed by atoms with Gasteiger partial charge < -0.3 is 5.32 Å². The van der Waals surface area contributed by atoms with E-state index in [2.05, 4.69) is 26.1 Å². The van der Waals surface area contributed by atoms with Crippen LogP contribution >= 0.6 is 0 Å². The molecule has 0 aromatic heterocycles. The molecule has 0 aromatic carbocycles. The Morgan fingerprint density at radius 3 is 2.71 bits per heavy atom. The van der Waals surface area contributed by atoms with Crippen LogP contribution in [0.4, 0.5) is 0 Å². The van der Waals surface area contributed by atoms with E-state index in [9.17, 15) is 0 Å². The highest BCUT2D eigenvalue weighted by Crippen LogP contribution is 2.26. The predicted molar refractivity (Wildman–Crippen MR) is 63.5 cm³/mol. The summed E-state index contributed by atoms with van der Waals surface area (Å²) >= 11 is 0. The van der Waals surface area contributed by atoms with Gasteiger partial charge >= 0.3 is 0 Å². The maximum absolute atomic E-state index is 3.72. The summed E-state index contributed by atoms with van der Waals surface area (Å²) in [6.45, 7) is 8.16. The summed E-state index contributed by atoms with van der Waals surface area (Å²) in [5.41, 5.74) is 0. The monoisotopic (exact) mass is 197 g/mol. The molecular weight excluding hydrogens is 170 g/mol. The number of rotatable bonds is 5. The van der Waals surface area contributed by atoms with Crippen molar-refractivity contribution in [3.8, 4) is 0 Å². The lowest BCUT2D eigenvalue weighted by Gasteiger charge is -2.29. The molecular formula is C13H27N. The van der Waals surface area contributed by atoms with E-state index in [1.807, 2.05) is 0 Å². The van der Waals surface area contributed by atoms with Crippen molar-refractivity contribution in [3.63, 3.8) is 0 Å². The minimum Gasteiger partial charge on any atom is -0.314 e. The number of hydrogen-bond donors (Lipinski definition) is 1. The second-order valence-electron chi connectivity index (χ2n) is 5.27. The zero-order valence-corrected chi connectivity index (χ0v) is 10.2. The van der Waals surface area contributed by atoms with Gasteiger partial charge in [-0.25, -0.2) is 0 Å². The molecule has 1 fully saturated rings. The Hall–Kier alpha value is -0.0400. The maximum atomic E-state index is 3.72. The van der Waals surface area contributed by atoms with Crippen LogP contribution in [0.15, 0.2) is 0 Å². The van der Waals surface area contributed by atoms with Crippen molar-refractivity contribution in [2.24, 2.45) is 11.8 Å². The number of hydrogen-bond acceptors (Lipinski definition) is 1. The minimum absolute atomic E-state index is 0.826. The average Bonchev–Trinajstić information content (AvgIpc) is 2.18. The van der Waals surface area contributed by atoms with Gasteiger partial charge in [0.05, 0.1) is 0 Å². The fourth-order valence-electron chi connectivity index (χ4n) is 2.42. The van der Waals surface area contributed by atoms with Gasteiger partial charge in [-0.15, -0.1) is 0 Å². The highest BCUT2D eigenvalue weighted by atomic mass is 14.9. The molecule has 0 radical (unpaired) electrons. The van der Waals surface area contributed by atoms with Crippen molar-refractivity contribution >= 4 is 0 Å². The van der Waals surface area contributed by atoms with E-state index in [1.54, 1.807) is 0 Å². The van der Waals surface area contributed by atoms with E-state index < -0.39 is 0 Å². The Kier molecular flexibility index (Phi) is 5.54. The fraction of sp³-hybridized carbons (Fsp3) is 1.00. The van der Waals surface area contributed by atoms with Crippen LogP contribution in [0.2, 0.25) is 0 Å². The van der Waals surface area contributed by atoms with E-state index >= 15 is 0 Å². The molecule has 0 aromatic rings. The van der Waals surface area contributed by atoms with Crippen LogP contribution in [0.3, 0.4) is 0 Å². The molecule has 1 saturated carbocycles. The van der Waals surface area contributed by atoms with Gasteiger partial charge in [0, 0.05) is 6.04 Å². The third kappa shape index (κ3) is 4.45. The molecule has 1 heteroatoms. The molecule has 0 spiro atoms. The van der Waals surface area contributed by atoms with Gasteiger partial charge in [-0.05, 0) is 37.6 Å². The Bertz CT molecular complexity index is 142. The molecule has 0 aliphatic heterocycles. The van der Waals surface area contributed by atoms with Crippen LogP contribution in [-0.2, 0) is 0 Å². The van der Waals surface area contributed by atoms with E-state index in [0.717, 1.165) is 17.9 Å².